The smallest absolute Gasteiger partial charge is 0.342 e. The van der Waals surface area contributed by atoms with Crippen molar-refractivity contribution in [3.63, 3.8) is 0 Å². The molecule has 1 saturated heterocycles. The Hall–Kier alpha value is -4.15. The van der Waals surface area contributed by atoms with Crippen LogP contribution in [-0.4, -0.2) is 57.2 Å². The number of hydrogen-bond acceptors (Lipinski definition) is 4. The highest BCUT2D eigenvalue weighted by atomic mass is 19.4. The number of hydrogen-bond donors (Lipinski definition) is 1. The van der Waals surface area contributed by atoms with Gasteiger partial charge in [0.05, 0.1) is 22.6 Å². The standard InChI is InChI=1S/C27H28F3N5O3/c1-4-24(37)34-12-6-9-21(16-34)35-23-11-10-18(15-33(3)17(2)36)13-22(23)31-26(35)32-25(38)19-7-5-8-20(14-19)27(28,29)30/h4-5,7-8,10-11,13-14,21H,1,6,9,12,15-16H2,2-3H3,(H,31,32,38). The summed E-state index contributed by atoms with van der Waals surface area (Å²) in [5.41, 5.74) is 0.975. The Balaban J connectivity index is 1.73. The Morgan fingerprint density at radius 1 is 1.21 bits per heavy atom. The summed E-state index contributed by atoms with van der Waals surface area (Å²) in [7, 11) is 1.68. The van der Waals surface area contributed by atoms with E-state index in [-0.39, 0.29) is 29.4 Å². The molecule has 0 bridgehead atoms. The molecule has 200 valence electrons. The summed E-state index contributed by atoms with van der Waals surface area (Å²) in [6.45, 7) is 6.31. The van der Waals surface area contributed by atoms with E-state index in [2.05, 4.69) is 16.9 Å². The van der Waals surface area contributed by atoms with Crippen LogP contribution >= 0.6 is 0 Å². The normalized spacial score (nSPS) is 15.8. The zero-order valence-electron chi connectivity index (χ0n) is 21.1. The third kappa shape index (κ3) is 5.71. The molecule has 0 aliphatic carbocycles. The van der Waals surface area contributed by atoms with Gasteiger partial charge in [0.2, 0.25) is 17.8 Å². The van der Waals surface area contributed by atoms with Gasteiger partial charge in [-0.1, -0.05) is 18.7 Å². The molecule has 3 aromatic rings. The average molecular weight is 528 g/mol. The molecular weight excluding hydrogens is 499 g/mol. The first-order valence-electron chi connectivity index (χ1n) is 12.1. The molecule has 0 saturated carbocycles. The number of carbonyl (C=O) groups excluding carboxylic acids is 3. The van der Waals surface area contributed by atoms with Crippen LogP contribution in [0.5, 0.6) is 0 Å². The van der Waals surface area contributed by atoms with E-state index in [4.69, 9.17) is 0 Å². The molecule has 1 unspecified atom stereocenters. The third-order valence-electron chi connectivity index (χ3n) is 6.64. The van der Waals surface area contributed by atoms with Gasteiger partial charge >= 0.3 is 6.18 Å². The van der Waals surface area contributed by atoms with Gasteiger partial charge in [0, 0.05) is 39.2 Å². The number of fused-ring (bicyclic) bond motifs is 1. The number of nitrogens with zero attached hydrogens (tertiary/aromatic N) is 4. The minimum atomic E-state index is -4.59. The minimum absolute atomic E-state index is 0.0983. The molecule has 1 aromatic heterocycles. The number of rotatable bonds is 6. The molecule has 3 amide bonds. The second-order valence-corrected chi connectivity index (χ2v) is 9.32. The highest BCUT2D eigenvalue weighted by Crippen LogP contribution is 2.32. The maximum absolute atomic E-state index is 13.2. The molecule has 4 rings (SSSR count). The number of aromatic nitrogens is 2. The number of piperidine rings is 1. The summed E-state index contributed by atoms with van der Waals surface area (Å²) in [4.78, 5) is 44.9. The highest BCUT2D eigenvalue weighted by Gasteiger charge is 2.31. The van der Waals surface area contributed by atoms with E-state index in [9.17, 15) is 27.6 Å². The average Bonchev–Trinajstić information content (AvgIpc) is 3.24. The van der Waals surface area contributed by atoms with Gasteiger partial charge in [0.25, 0.3) is 5.91 Å². The Morgan fingerprint density at radius 3 is 2.66 bits per heavy atom. The summed E-state index contributed by atoms with van der Waals surface area (Å²) in [6, 6.07) is 9.44. The molecule has 8 nitrogen and oxygen atoms in total. The van der Waals surface area contributed by atoms with Gasteiger partial charge in [-0.05, 0) is 54.8 Å². The zero-order valence-corrected chi connectivity index (χ0v) is 21.1. The van der Waals surface area contributed by atoms with Crippen molar-refractivity contribution in [1.29, 1.82) is 0 Å². The van der Waals surface area contributed by atoms with Crippen molar-refractivity contribution in [2.24, 2.45) is 0 Å². The molecular formula is C27H28F3N5O3. The van der Waals surface area contributed by atoms with Gasteiger partial charge in [-0.15, -0.1) is 0 Å². The Bertz CT molecular complexity index is 1400. The fraction of sp³-hybridized carbons (Fsp3) is 0.333. The first kappa shape index (κ1) is 26.9. The number of alkyl halides is 3. The molecule has 1 fully saturated rings. The van der Waals surface area contributed by atoms with E-state index in [1.165, 1.54) is 25.1 Å². The zero-order chi connectivity index (χ0) is 27.6. The van der Waals surface area contributed by atoms with Crippen molar-refractivity contribution in [3.05, 3.63) is 71.8 Å². The van der Waals surface area contributed by atoms with Crippen LogP contribution in [0.15, 0.2) is 55.1 Å². The van der Waals surface area contributed by atoms with Crippen LogP contribution in [0.2, 0.25) is 0 Å². The fourth-order valence-electron chi connectivity index (χ4n) is 4.59. The van der Waals surface area contributed by atoms with E-state index < -0.39 is 17.6 Å². The van der Waals surface area contributed by atoms with Crippen LogP contribution in [0, 0.1) is 0 Å². The van der Waals surface area contributed by atoms with E-state index >= 15 is 0 Å². The molecule has 11 heteroatoms. The summed E-state index contributed by atoms with van der Waals surface area (Å²) in [6.07, 6.45) is -1.92. The second kappa shape index (κ2) is 10.7. The Morgan fingerprint density at radius 2 is 1.97 bits per heavy atom. The lowest BCUT2D eigenvalue weighted by molar-refractivity contribution is -0.137. The summed E-state index contributed by atoms with van der Waals surface area (Å²) in [5, 5.41) is 2.69. The molecule has 0 radical (unpaired) electrons. The Kier molecular flexibility index (Phi) is 7.56. The minimum Gasteiger partial charge on any atom is -0.342 e. The van der Waals surface area contributed by atoms with Gasteiger partial charge in [0.15, 0.2) is 0 Å². The van der Waals surface area contributed by atoms with Crippen LogP contribution in [0.25, 0.3) is 11.0 Å². The number of anilines is 1. The lowest BCUT2D eigenvalue weighted by atomic mass is 10.0. The lowest BCUT2D eigenvalue weighted by Crippen LogP contribution is -2.40. The molecule has 2 heterocycles. The predicted molar refractivity (Wildman–Crippen MR) is 136 cm³/mol. The van der Waals surface area contributed by atoms with Crippen LogP contribution in [-0.2, 0) is 22.3 Å². The molecule has 2 aromatic carbocycles. The van der Waals surface area contributed by atoms with E-state index in [1.54, 1.807) is 22.9 Å². The quantitative estimate of drug-likeness (QED) is 0.474. The number of carbonyl (C=O) groups is 3. The monoisotopic (exact) mass is 527 g/mol. The number of imidazole rings is 1. The fourth-order valence-corrected chi connectivity index (χ4v) is 4.59. The molecule has 1 atom stereocenters. The van der Waals surface area contributed by atoms with E-state index in [0.717, 1.165) is 17.7 Å². The molecule has 38 heavy (non-hydrogen) atoms. The van der Waals surface area contributed by atoms with Gasteiger partial charge in [-0.3, -0.25) is 19.7 Å². The van der Waals surface area contributed by atoms with Crippen LogP contribution < -0.4 is 5.32 Å². The second-order valence-electron chi connectivity index (χ2n) is 9.32. The summed E-state index contributed by atoms with van der Waals surface area (Å²) < 4.78 is 41.4. The number of likely N-dealkylation sites (tertiary alicyclic amines) is 1. The Labute approximate surface area is 217 Å². The summed E-state index contributed by atoms with van der Waals surface area (Å²) in [5.74, 6) is -0.876. The van der Waals surface area contributed by atoms with Crippen LogP contribution in [0.3, 0.4) is 0 Å². The maximum atomic E-state index is 13.2. The molecule has 1 aliphatic rings. The highest BCUT2D eigenvalue weighted by molar-refractivity contribution is 6.04. The number of benzene rings is 2. The topological polar surface area (TPSA) is 87.5 Å². The van der Waals surface area contributed by atoms with Crippen molar-refractivity contribution in [2.75, 3.05) is 25.5 Å². The number of amides is 3. The van der Waals surface area contributed by atoms with Crippen LogP contribution in [0.1, 0.15) is 47.3 Å². The number of nitrogens with one attached hydrogen (secondary N) is 1. The molecule has 1 N–H and O–H groups in total. The maximum Gasteiger partial charge on any atom is 0.416 e. The van der Waals surface area contributed by atoms with Crippen LogP contribution in [0.4, 0.5) is 19.1 Å². The lowest BCUT2D eigenvalue weighted by Gasteiger charge is -2.33. The van der Waals surface area contributed by atoms with Crippen molar-refractivity contribution >= 4 is 34.7 Å². The largest absolute Gasteiger partial charge is 0.416 e. The van der Waals surface area contributed by atoms with Gasteiger partial charge in [0.1, 0.15) is 0 Å². The predicted octanol–water partition coefficient (Wildman–Crippen LogP) is 4.64. The van der Waals surface area contributed by atoms with Crippen molar-refractivity contribution < 1.29 is 27.6 Å². The first-order chi connectivity index (χ1) is 18.0. The van der Waals surface area contributed by atoms with Crippen molar-refractivity contribution in [1.82, 2.24) is 19.4 Å². The van der Waals surface area contributed by atoms with E-state index in [1.807, 2.05) is 16.7 Å². The molecule has 0 spiro atoms. The SMILES string of the molecule is C=CC(=O)N1CCCC(n2c(NC(=O)c3cccc(C(F)(F)F)c3)nc3cc(CN(C)C(C)=O)ccc32)C1. The first-order valence-corrected chi connectivity index (χ1v) is 12.1. The van der Waals surface area contributed by atoms with Gasteiger partial charge < -0.3 is 14.4 Å². The van der Waals surface area contributed by atoms with E-state index in [0.29, 0.717) is 43.5 Å². The van der Waals surface area contributed by atoms with Gasteiger partial charge in [-0.2, -0.15) is 13.2 Å². The van der Waals surface area contributed by atoms with Crippen molar-refractivity contribution in [3.8, 4) is 0 Å². The molecule has 1 aliphatic heterocycles. The third-order valence-corrected chi connectivity index (χ3v) is 6.64. The van der Waals surface area contributed by atoms with Crippen molar-refractivity contribution in [2.45, 2.75) is 38.5 Å². The van der Waals surface area contributed by atoms with Gasteiger partial charge in [-0.25, -0.2) is 4.98 Å². The number of halogens is 3. The summed E-state index contributed by atoms with van der Waals surface area (Å²) >= 11 is 0.